The highest BCUT2D eigenvalue weighted by Crippen LogP contribution is 2.31. The van der Waals surface area contributed by atoms with E-state index >= 15 is 0 Å². The van der Waals surface area contributed by atoms with E-state index in [0.717, 1.165) is 16.8 Å². The van der Waals surface area contributed by atoms with Gasteiger partial charge in [-0.25, -0.2) is 4.79 Å². The highest BCUT2D eigenvalue weighted by Gasteiger charge is 2.33. The first-order valence-electron chi connectivity index (χ1n) is 11.1. The number of hydrogen-bond donors (Lipinski definition) is 2. The van der Waals surface area contributed by atoms with Crippen LogP contribution in [0.15, 0.2) is 65.9 Å². The zero-order chi connectivity index (χ0) is 24.0. The number of carbonyl (C=O) groups excluding carboxylic acids is 2. The van der Waals surface area contributed by atoms with Gasteiger partial charge >= 0.3 is 5.97 Å². The largest absolute Gasteiger partial charge is 0.462 e. The Morgan fingerprint density at radius 3 is 2.42 bits per heavy atom. The van der Waals surface area contributed by atoms with Gasteiger partial charge in [-0.2, -0.15) is 0 Å². The van der Waals surface area contributed by atoms with Crippen molar-refractivity contribution in [2.75, 3.05) is 19.0 Å². The molecular weight excluding hydrogens is 434 g/mol. The standard InChI is InChI=1S/C26H31N3O3S/c1-17(2)16-32-25(31)23-18(3)29(4)26(33)28-24(23)20-11-13-21(14-12-20)27-22(30)15-10-19-8-6-5-7-9-19/h5-9,11-14,17,24H,10,15-16H2,1-4H3,(H,27,30)(H,28,33). The third-order valence-electron chi connectivity index (χ3n) is 5.53. The Morgan fingerprint density at radius 1 is 1.12 bits per heavy atom. The van der Waals surface area contributed by atoms with Crippen LogP contribution >= 0.6 is 12.2 Å². The Balaban J connectivity index is 1.71. The molecule has 1 aliphatic rings. The summed E-state index contributed by atoms with van der Waals surface area (Å²) in [6.45, 7) is 6.22. The molecule has 2 N–H and O–H groups in total. The molecule has 0 aromatic heterocycles. The van der Waals surface area contributed by atoms with Gasteiger partial charge in [0.2, 0.25) is 5.91 Å². The number of anilines is 1. The highest BCUT2D eigenvalue weighted by atomic mass is 32.1. The number of allylic oxidation sites excluding steroid dienone is 1. The van der Waals surface area contributed by atoms with Gasteiger partial charge in [-0.3, -0.25) is 4.79 Å². The molecule has 0 saturated carbocycles. The van der Waals surface area contributed by atoms with Crippen LogP contribution in [-0.2, 0) is 20.7 Å². The van der Waals surface area contributed by atoms with Gasteiger partial charge in [0.15, 0.2) is 5.11 Å². The molecule has 0 saturated heterocycles. The summed E-state index contributed by atoms with van der Waals surface area (Å²) in [5.41, 5.74) is 3.99. The third kappa shape index (κ3) is 6.42. The van der Waals surface area contributed by atoms with Crippen LogP contribution in [0.25, 0.3) is 0 Å². The summed E-state index contributed by atoms with van der Waals surface area (Å²) < 4.78 is 5.52. The molecule has 0 aliphatic carbocycles. The fourth-order valence-electron chi connectivity index (χ4n) is 3.55. The second-order valence-electron chi connectivity index (χ2n) is 8.59. The number of benzene rings is 2. The predicted octanol–water partition coefficient (Wildman–Crippen LogP) is 4.59. The van der Waals surface area contributed by atoms with Gasteiger partial charge in [0.05, 0.1) is 18.2 Å². The summed E-state index contributed by atoms with van der Waals surface area (Å²) in [7, 11) is 1.82. The first-order valence-corrected chi connectivity index (χ1v) is 11.5. The van der Waals surface area contributed by atoms with Crippen molar-refractivity contribution in [2.45, 2.75) is 39.7 Å². The van der Waals surface area contributed by atoms with Crippen molar-refractivity contribution in [2.24, 2.45) is 5.92 Å². The van der Waals surface area contributed by atoms with Crippen molar-refractivity contribution in [3.63, 3.8) is 0 Å². The molecule has 0 bridgehead atoms. The van der Waals surface area contributed by atoms with Gasteiger partial charge in [0.25, 0.3) is 0 Å². The van der Waals surface area contributed by atoms with Gasteiger partial charge in [-0.05, 0) is 54.7 Å². The second-order valence-corrected chi connectivity index (χ2v) is 8.98. The molecule has 1 aliphatic heterocycles. The summed E-state index contributed by atoms with van der Waals surface area (Å²) in [4.78, 5) is 27.0. The number of nitrogens with zero attached hydrogens (tertiary/aromatic N) is 1. The SMILES string of the molecule is CC1=C(C(=O)OCC(C)C)C(c2ccc(NC(=O)CCc3ccccc3)cc2)NC(=S)N1C. The van der Waals surface area contributed by atoms with Crippen LogP contribution in [0.2, 0.25) is 0 Å². The van der Waals surface area contributed by atoms with Gasteiger partial charge < -0.3 is 20.3 Å². The van der Waals surface area contributed by atoms with Crippen LogP contribution < -0.4 is 10.6 Å². The van der Waals surface area contributed by atoms with E-state index in [1.807, 2.05) is 82.4 Å². The van der Waals surface area contributed by atoms with E-state index < -0.39 is 6.04 Å². The molecule has 0 fully saturated rings. The zero-order valence-corrected chi connectivity index (χ0v) is 20.4. The van der Waals surface area contributed by atoms with Crippen molar-refractivity contribution in [1.29, 1.82) is 0 Å². The molecule has 6 nitrogen and oxygen atoms in total. The van der Waals surface area contributed by atoms with Crippen LogP contribution in [0.1, 0.15) is 44.4 Å². The maximum atomic E-state index is 12.9. The summed E-state index contributed by atoms with van der Waals surface area (Å²) in [5, 5.41) is 6.72. The molecule has 174 valence electrons. The van der Waals surface area contributed by atoms with Gasteiger partial charge in [0.1, 0.15) is 0 Å². The maximum Gasteiger partial charge on any atom is 0.338 e. The third-order valence-corrected chi connectivity index (χ3v) is 5.92. The van der Waals surface area contributed by atoms with E-state index in [0.29, 0.717) is 35.8 Å². The molecule has 3 rings (SSSR count). The number of carbonyl (C=O) groups is 2. The molecule has 0 radical (unpaired) electrons. The van der Waals surface area contributed by atoms with Gasteiger partial charge in [-0.1, -0.05) is 56.3 Å². The van der Waals surface area contributed by atoms with Crippen LogP contribution in [0.4, 0.5) is 5.69 Å². The van der Waals surface area contributed by atoms with Gasteiger partial charge in [0, 0.05) is 24.9 Å². The first kappa shape index (κ1) is 24.5. The highest BCUT2D eigenvalue weighted by molar-refractivity contribution is 7.80. The Bertz CT molecular complexity index is 1030. The predicted molar refractivity (Wildman–Crippen MR) is 135 cm³/mol. The number of thiocarbonyl (C=S) groups is 1. The van der Waals surface area contributed by atoms with E-state index in [2.05, 4.69) is 10.6 Å². The lowest BCUT2D eigenvalue weighted by Gasteiger charge is -2.35. The van der Waals surface area contributed by atoms with E-state index in [-0.39, 0.29) is 17.8 Å². The summed E-state index contributed by atoms with van der Waals surface area (Å²) in [5.74, 6) is -0.154. The van der Waals surface area contributed by atoms with Crippen LogP contribution in [0.5, 0.6) is 0 Å². The maximum absolute atomic E-state index is 12.9. The van der Waals surface area contributed by atoms with E-state index in [1.165, 1.54) is 0 Å². The van der Waals surface area contributed by atoms with E-state index in [1.54, 1.807) is 4.90 Å². The second kappa shape index (κ2) is 11.1. The summed E-state index contributed by atoms with van der Waals surface area (Å²) in [6.07, 6.45) is 1.10. The molecular formula is C26H31N3O3S. The minimum atomic E-state index is -0.420. The quantitative estimate of drug-likeness (QED) is 0.439. The molecule has 33 heavy (non-hydrogen) atoms. The van der Waals surface area contributed by atoms with Gasteiger partial charge in [-0.15, -0.1) is 0 Å². The Morgan fingerprint density at radius 2 is 1.79 bits per heavy atom. The Kier molecular flexibility index (Phi) is 8.22. The Labute approximate surface area is 201 Å². The van der Waals surface area contributed by atoms with Crippen molar-refractivity contribution in [3.05, 3.63) is 77.0 Å². The minimum Gasteiger partial charge on any atom is -0.462 e. The monoisotopic (exact) mass is 465 g/mol. The van der Waals surface area contributed by atoms with Crippen molar-refractivity contribution >= 4 is 34.9 Å². The van der Waals surface area contributed by atoms with Crippen LogP contribution in [0, 0.1) is 5.92 Å². The van der Waals surface area contributed by atoms with Crippen LogP contribution in [0.3, 0.4) is 0 Å². The number of aryl methyl sites for hydroxylation is 1. The zero-order valence-electron chi connectivity index (χ0n) is 19.6. The molecule has 1 atom stereocenters. The lowest BCUT2D eigenvalue weighted by molar-refractivity contribution is -0.140. The number of ether oxygens (including phenoxy) is 1. The average Bonchev–Trinajstić information content (AvgIpc) is 2.80. The molecule has 1 heterocycles. The number of esters is 1. The normalized spacial score (nSPS) is 16.0. The molecule has 0 spiro atoms. The lowest BCUT2D eigenvalue weighted by atomic mass is 9.95. The van der Waals surface area contributed by atoms with E-state index in [4.69, 9.17) is 17.0 Å². The van der Waals surface area contributed by atoms with E-state index in [9.17, 15) is 9.59 Å². The molecule has 1 amide bonds. The number of rotatable bonds is 8. The lowest BCUT2D eigenvalue weighted by Crippen LogP contribution is -2.46. The number of amides is 1. The fraction of sp³-hybridized carbons (Fsp3) is 0.346. The smallest absolute Gasteiger partial charge is 0.338 e. The van der Waals surface area contributed by atoms with Crippen LogP contribution in [-0.4, -0.2) is 35.5 Å². The number of nitrogens with one attached hydrogen (secondary N) is 2. The van der Waals surface area contributed by atoms with Crippen molar-refractivity contribution in [3.8, 4) is 0 Å². The topological polar surface area (TPSA) is 70.7 Å². The fourth-order valence-corrected chi connectivity index (χ4v) is 3.81. The Hall–Kier alpha value is -3.19. The summed E-state index contributed by atoms with van der Waals surface area (Å²) >= 11 is 5.45. The average molecular weight is 466 g/mol. The van der Waals surface area contributed by atoms with Crippen molar-refractivity contribution in [1.82, 2.24) is 10.2 Å². The first-order chi connectivity index (χ1) is 15.8. The minimum absolute atomic E-state index is 0.0427. The number of hydrogen-bond acceptors (Lipinski definition) is 4. The molecule has 1 unspecified atom stereocenters. The van der Waals surface area contributed by atoms with Crippen molar-refractivity contribution < 1.29 is 14.3 Å². The summed E-state index contributed by atoms with van der Waals surface area (Å²) in [6, 6.07) is 17.0. The molecule has 7 heteroatoms. The molecule has 2 aromatic rings. The molecule has 2 aromatic carbocycles.